The Kier molecular flexibility index (Phi) is 4.86. The summed E-state index contributed by atoms with van der Waals surface area (Å²) in [7, 11) is 0. The maximum absolute atomic E-state index is 10.4. The van der Waals surface area contributed by atoms with Crippen molar-refractivity contribution in [1.29, 1.82) is 0 Å². The fourth-order valence-corrected chi connectivity index (χ4v) is 2.46. The predicted octanol–water partition coefficient (Wildman–Crippen LogP) is 4.58. The summed E-state index contributed by atoms with van der Waals surface area (Å²) in [5.74, 6) is 0.741. The highest BCUT2D eigenvalue weighted by molar-refractivity contribution is 9.10. The summed E-state index contributed by atoms with van der Waals surface area (Å²) < 4.78 is 6.20. The van der Waals surface area contributed by atoms with Gasteiger partial charge in [0, 0.05) is 10.0 Å². The van der Waals surface area contributed by atoms with Crippen LogP contribution in [0.2, 0.25) is 5.02 Å². The third-order valence-electron chi connectivity index (χ3n) is 2.76. The summed E-state index contributed by atoms with van der Waals surface area (Å²) in [5.41, 5.74) is 1.43. The van der Waals surface area contributed by atoms with Crippen molar-refractivity contribution in [3.05, 3.63) is 63.1 Å². The monoisotopic (exact) mass is 340 g/mol. The van der Waals surface area contributed by atoms with Crippen LogP contribution in [0.25, 0.3) is 0 Å². The number of benzene rings is 2. The van der Waals surface area contributed by atoms with Crippen LogP contribution in [-0.2, 0) is 0 Å². The van der Waals surface area contributed by atoms with Crippen molar-refractivity contribution in [3.8, 4) is 5.75 Å². The molecule has 0 saturated carbocycles. The van der Waals surface area contributed by atoms with E-state index < -0.39 is 6.10 Å². The van der Waals surface area contributed by atoms with Crippen molar-refractivity contribution < 1.29 is 9.84 Å². The van der Waals surface area contributed by atoms with Crippen molar-refractivity contribution in [1.82, 2.24) is 0 Å². The Morgan fingerprint density at radius 3 is 2.74 bits per heavy atom. The van der Waals surface area contributed by atoms with Gasteiger partial charge in [0.15, 0.2) is 0 Å². The molecule has 0 radical (unpaired) electrons. The SMILES string of the molecule is CCOc1cccc(C(O)c2cccc(Br)c2Cl)c1. The van der Waals surface area contributed by atoms with Gasteiger partial charge in [-0.15, -0.1) is 0 Å². The van der Waals surface area contributed by atoms with Crippen molar-refractivity contribution >= 4 is 27.5 Å². The van der Waals surface area contributed by atoms with E-state index in [0.717, 1.165) is 15.8 Å². The summed E-state index contributed by atoms with van der Waals surface area (Å²) >= 11 is 9.56. The second kappa shape index (κ2) is 6.42. The molecule has 1 N–H and O–H groups in total. The number of aliphatic hydroxyl groups is 1. The van der Waals surface area contributed by atoms with Gasteiger partial charge < -0.3 is 9.84 Å². The minimum absolute atomic E-state index is 0.525. The average molecular weight is 342 g/mol. The van der Waals surface area contributed by atoms with Crippen LogP contribution in [0.4, 0.5) is 0 Å². The lowest BCUT2D eigenvalue weighted by Gasteiger charge is -2.15. The van der Waals surface area contributed by atoms with Crippen LogP contribution in [0, 0.1) is 0 Å². The molecule has 0 aromatic heterocycles. The average Bonchev–Trinajstić information content (AvgIpc) is 2.42. The molecule has 1 atom stereocenters. The smallest absolute Gasteiger partial charge is 0.119 e. The minimum atomic E-state index is -0.773. The van der Waals surface area contributed by atoms with Gasteiger partial charge in [-0.2, -0.15) is 0 Å². The van der Waals surface area contributed by atoms with Crippen molar-refractivity contribution in [2.45, 2.75) is 13.0 Å². The van der Waals surface area contributed by atoms with Crippen molar-refractivity contribution in [2.75, 3.05) is 6.61 Å². The largest absolute Gasteiger partial charge is 0.494 e. The number of ether oxygens (including phenoxy) is 1. The van der Waals surface area contributed by atoms with E-state index in [0.29, 0.717) is 17.2 Å². The van der Waals surface area contributed by atoms with E-state index in [1.165, 1.54) is 0 Å². The lowest BCUT2D eigenvalue weighted by molar-refractivity contribution is 0.219. The van der Waals surface area contributed by atoms with Crippen LogP contribution in [0.15, 0.2) is 46.9 Å². The maximum Gasteiger partial charge on any atom is 0.119 e. The van der Waals surface area contributed by atoms with Gasteiger partial charge in [-0.3, -0.25) is 0 Å². The molecule has 2 aromatic carbocycles. The first-order chi connectivity index (χ1) is 9.13. The van der Waals surface area contributed by atoms with E-state index in [1.54, 1.807) is 0 Å². The fraction of sp³-hybridized carbons (Fsp3) is 0.200. The molecule has 0 bridgehead atoms. The van der Waals surface area contributed by atoms with Crippen LogP contribution in [0.3, 0.4) is 0 Å². The quantitative estimate of drug-likeness (QED) is 0.882. The van der Waals surface area contributed by atoms with E-state index in [4.69, 9.17) is 16.3 Å². The molecule has 0 heterocycles. The van der Waals surface area contributed by atoms with Gasteiger partial charge in [0.2, 0.25) is 0 Å². The van der Waals surface area contributed by atoms with Gasteiger partial charge >= 0.3 is 0 Å². The number of aliphatic hydroxyl groups excluding tert-OH is 1. The molecule has 0 saturated heterocycles. The molecule has 4 heteroatoms. The van der Waals surface area contributed by atoms with Crippen LogP contribution < -0.4 is 4.74 Å². The Bertz CT molecular complexity index is 572. The normalized spacial score (nSPS) is 12.2. The van der Waals surface area contributed by atoms with Gasteiger partial charge in [-0.1, -0.05) is 35.9 Å². The zero-order valence-corrected chi connectivity index (χ0v) is 12.8. The molecule has 2 rings (SSSR count). The first-order valence-corrected chi connectivity index (χ1v) is 7.15. The first-order valence-electron chi connectivity index (χ1n) is 5.98. The molecular formula is C15H14BrClO2. The molecule has 2 aromatic rings. The molecule has 100 valence electrons. The molecular weight excluding hydrogens is 328 g/mol. The number of hydrogen-bond acceptors (Lipinski definition) is 2. The molecule has 0 aliphatic rings. The van der Waals surface area contributed by atoms with Gasteiger partial charge in [-0.25, -0.2) is 0 Å². The Balaban J connectivity index is 2.35. The first kappa shape index (κ1) is 14.4. The molecule has 0 spiro atoms. The predicted molar refractivity (Wildman–Crippen MR) is 80.8 cm³/mol. The molecule has 19 heavy (non-hydrogen) atoms. The van der Waals surface area contributed by atoms with Crippen LogP contribution in [-0.4, -0.2) is 11.7 Å². The van der Waals surface area contributed by atoms with E-state index in [-0.39, 0.29) is 0 Å². The number of halogens is 2. The van der Waals surface area contributed by atoms with Crippen LogP contribution in [0.5, 0.6) is 5.75 Å². The zero-order chi connectivity index (χ0) is 13.8. The third-order valence-corrected chi connectivity index (χ3v) is 4.07. The van der Waals surface area contributed by atoms with Crippen molar-refractivity contribution in [2.24, 2.45) is 0 Å². The zero-order valence-electron chi connectivity index (χ0n) is 10.4. The van der Waals surface area contributed by atoms with Crippen molar-refractivity contribution in [3.63, 3.8) is 0 Å². The maximum atomic E-state index is 10.4. The summed E-state index contributed by atoms with van der Waals surface area (Å²) in [6.45, 7) is 2.52. The van der Waals surface area contributed by atoms with E-state index in [2.05, 4.69) is 15.9 Å². The minimum Gasteiger partial charge on any atom is -0.494 e. The number of rotatable bonds is 4. The summed E-state index contributed by atoms with van der Waals surface area (Å²) in [4.78, 5) is 0. The Hall–Kier alpha value is -1.03. The Labute approximate surface area is 126 Å². The standard InChI is InChI=1S/C15H14BrClO2/c1-2-19-11-6-3-5-10(9-11)15(18)12-7-4-8-13(16)14(12)17/h3-9,15,18H,2H2,1H3. The molecule has 0 fully saturated rings. The topological polar surface area (TPSA) is 29.5 Å². The molecule has 1 unspecified atom stereocenters. The number of hydrogen-bond donors (Lipinski definition) is 1. The third kappa shape index (κ3) is 3.30. The highest BCUT2D eigenvalue weighted by Gasteiger charge is 2.15. The second-order valence-corrected chi connectivity index (χ2v) is 5.28. The Morgan fingerprint density at radius 2 is 2.00 bits per heavy atom. The van der Waals surface area contributed by atoms with Gasteiger partial charge in [-0.05, 0) is 46.6 Å². The molecule has 0 aliphatic heterocycles. The highest BCUT2D eigenvalue weighted by atomic mass is 79.9. The van der Waals surface area contributed by atoms with Crippen LogP contribution in [0.1, 0.15) is 24.2 Å². The van der Waals surface area contributed by atoms with Gasteiger partial charge in [0.25, 0.3) is 0 Å². The highest BCUT2D eigenvalue weighted by Crippen LogP contribution is 2.34. The summed E-state index contributed by atoms with van der Waals surface area (Å²) in [5, 5.41) is 11.0. The molecule has 2 nitrogen and oxygen atoms in total. The fourth-order valence-electron chi connectivity index (χ4n) is 1.85. The molecule has 0 aliphatic carbocycles. The summed E-state index contributed by atoms with van der Waals surface area (Å²) in [6, 6.07) is 12.9. The van der Waals surface area contributed by atoms with E-state index in [9.17, 15) is 5.11 Å². The van der Waals surface area contributed by atoms with Crippen LogP contribution >= 0.6 is 27.5 Å². The lowest BCUT2D eigenvalue weighted by atomic mass is 10.0. The second-order valence-electron chi connectivity index (χ2n) is 4.05. The van der Waals surface area contributed by atoms with Gasteiger partial charge in [0.1, 0.15) is 11.9 Å². The lowest BCUT2D eigenvalue weighted by Crippen LogP contribution is -2.01. The van der Waals surface area contributed by atoms with Gasteiger partial charge in [0.05, 0.1) is 11.6 Å². The van der Waals surface area contributed by atoms with E-state index >= 15 is 0 Å². The van der Waals surface area contributed by atoms with E-state index in [1.807, 2.05) is 49.4 Å². The Morgan fingerprint density at radius 1 is 1.26 bits per heavy atom. The molecule has 0 amide bonds. The summed E-state index contributed by atoms with van der Waals surface area (Å²) in [6.07, 6.45) is -0.773.